The van der Waals surface area contributed by atoms with Gasteiger partial charge in [0.15, 0.2) is 0 Å². The van der Waals surface area contributed by atoms with Crippen LogP contribution in [0.3, 0.4) is 0 Å². The van der Waals surface area contributed by atoms with E-state index in [1.54, 1.807) is 19.9 Å². The number of aliphatic hydroxyl groups is 3. The van der Waals surface area contributed by atoms with Gasteiger partial charge in [-0.05, 0) is 38.3 Å². The molecule has 0 saturated heterocycles. The molecule has 4 N–H and O–H groups in total. The molecule has 0 fully saturated rings. The highest BCUT2D eigenvalue weighted by atomic mass is 16.4. The molecule has 0 amide bonds. The van der Waals surface area contributed by atoms with Crippen LogP contribution in [0.5, 0.6) is 0 Å². The number of hydrogen-bond donors (Lipinski definition) is 4. The molecule has 0 unspecified atom stereocenters. The Kier molecular flexibility index (Phi) is 3.86. The van der Waals surface area contributed by atoms with E-state index in [9.17, 15) is 20.1 Å². The summed E-state index contributed by atoms with van der Waals surface area (Å²) in [6.07, 6.45) is -1.05. The maximum atomic E-state index is 11.2. The summed E-state index contributed by atoms with van der Waals surface area (Å²) in [4.78, 5) is 11.2. The van der Waals surface area contributed by atoms with E-state index in [0.717, 1.165) is 11.1 Å². The van der Waals surface area contributed by atoms with Crippen LogP contribution < -0.4 is 0 Å². The Morgan fingerprint density at radius 1 is 1.25 bits per heavy atom. The molecule has 0 aromatic rings. The average Bonchev–Trinajstić information content (AvgIpc) is 2.58. The first-order chi connectivity index (χ1) is 9.25. The standard InChI is InChI=1S/C15H20O5/c1-6-4-10(17)13(8(3)15(19)20)14(18)12-7(2)5-9(16)11(6)12/h5,9-10,12,14,16-18H,4H2,1-3H3,(H,19,20)/b13-8+/t9-,10+,12+,14-/m0/s1. The Morgan fingerprint density at radius 3 is 2.40 bits per heavy atom. The van der Waals surface area contributed by atoms with Crippen LogP contribution in [0.4, 0.5) is 0 Å². The van der Waals surface area contributed by atoms with E-state index >= 15 is 0 Å². The Morgan fingerprint density at radius 2 is 1.85 bits per heavy atom. The highest BCUT2D eigenvalue weighted by Gasteiger charge is 2.41. The summed E-state index contributed by atoms with van der Waals surface area (Å²) in [6, 6.07) is 0. The summed E-state index contributed by atoms with van der Waals surface area (Å²) in [6.45, 7) is 4.98. The molecule has 0 aliphatic heterocycles. The van der Waals surface area contributed by atoms with Crippen LogP contribution in [-0.2, 0) is 4.79 Å². The molecule has 0 saturated carbocycles. The molecule has 2 rings (SSSR count). The van der Waals surface area contributed by atoms with E-state index in [2.05, 4.69) is 0 Å². The molecule has 2 aliphatic carbocycles. The van der Waals surface area contributed by atoms with Gasteiger partial charge in [-0.2, -0.15) is 0 Å². The highest BCUT2D eigenvalue weighted by molar-refractivity contribution is 5.87. The summed E-state index contributed by atoms with van der Waals surface area (Å²) >= 11 is 0. The normalized spacial score (nSPS) is 36.4. The van der Waals surface area contributed by atoms with Gasteiger partial charge < -0.3 is 20.4 Å². The van der Waals surface area contributed by atoms with Gasteiger partial charge in [-0.3, -0.25) is 0 Å². The van der Waals surface area contributed by atoms with E-state index < -0.39 is 30.2 Å². The molecule has 5 heteroatoms. The van der Waals surface area contributed by atoms with Gasteiger partial charge in [0.25, 0.3) is 0 Å². The van der Waals surface area contributed by atoms with Crippen LogP contribution in [-0.4, -0.2) is 44.7 Å². The Bertz CT molecular complexity index is 540. The maximum Gasteiger partial charge on any atom is 0.331 e. The molecule has 20 heavy (non-hydrogen) atoms. The summed E-state index contributed by atoms with van der Waals surface area (Å²) in [7, 11) is 0. The monoisotopic (exact) mass is 280 g/mol. The lowest BCUT2D eigenvalue weighted by Gasteiger charge is -2.25. The number of carboxylic acids is 1. The van der Waals surface area contributed by atoms with Gasteiger partial charge in [-0.25, -0.2) is 4.79 Å². The minimum Gasteiger partial charge on any atom is -0.478 e. The van der Waals surface area contributed by atoms with Gasteiger partial charge in [-0.1, -0.05) is 17.2 Å². The van der Waals surface area contributed by atoms with Crippen molar-refractivity contribution >= 4 is 5.97 Å². The van der Waals surface area contributed by atoms with Crippen molar-refractivity contribution in [1.29, 1.82) is 0 Å². The van der Waals surface area contributed by atoms with Gasteiger partial charge in [0.05, 0.1) is 18.3 Å². The third kappa shape index (κ3) is 2.22. The predicted molar refractivity (Wildman–Crippen MR) is 72.9 cm³/mol. The van der Waals surface area contributed by atoms with Crippen LogP contribution in [0.1, 0.15) is 27.2 Å². The molecule has 5 nitrogen and oxygen atoms in total. The van der Waals surface area contributed by atoms with Crippen LogP contribution in [0, 0.1) is 5.92 Å². The topological polar surface area (TPSA) is 98.0 Å². The minimum atomic E-state index is -1.15. The van der Waals surface area contributed by atoms with E-state index in [1.807, 2.05) is 0 Å². The van der Waals surface area contributed by atoms with Crippen molar-refractivity contribution < 1.29 is 25.2 Å². The van der Waals surface area contributed by atoms with Crippen molar-refractivity contribution in [3.05, 3.63) is 33.9 Å². The number of rotatable bonds is 1. The molecule has 0 bridgehead atoms. The lowest BCUT2D eigenvalue weighted by Crippen LogP contribution is -2.30. The first-order valence-electron chi connectivity index (χ1n) is 6.61. The summed E-state index contributed by atoms with van der Waals surface area (Å²) in [5.74, 6) is -1.61. The van der Waals surface area contributed by atoms with Crippen molar-refractivity contribution in [3.63, 3.8) is 0 Å². The summed E-state index contributed by atoms with van der Waals surface area (Å²) in [5.41, 5.74) is 2.38. The lowest BCUT2D eigenvalue weighted by atomic mass is 9.85. The summed E-state index contributed by atoms with van der Waals surface area (Å²) in [5, 5.41) is 40.0. The van der Waals surface area contributed by atoms with Crippen molar-refractivity contribution in [2.75, 3.05) is 0 Å². The van der Waals surface area contributed by atoms with Crippen molar-refractivity contribution in [2.45, 2.75) is 45.5 Å². The first-order valence-corrected chi connectivity index (χ1v) is 6.61. The van der Waals surface area contributed by atoms with Crippen LogP contribution >= 0.6 is 0 Å². The third-order valence-corrected chi connectivity index (χ3v) is 4.30. The zero-order valence-corrected chi connectivity index (χ0v) is 11.8. The maximum absolute atomic E-state index is 11.2. The smallest absolute Gasteiger partial charge is 0.331 e. The van der Waals surface area contributed by atoms with Crippen LogP contribution in [0.25, 0.3) is 0 Å². The van der Waals surface area contributed by atoms with Gasteiger partial charge in [0.1, 0.15) is 0 Å². The number of carboxylic acid groups (broad SMARTS) is 1. The van der Waals surface area contributed by atoms with Crippen molar-refractivity contribution in [1.82, 2.24) is 0 Å². The molecule has 0 spiro atoms. The predicted octanol–water partition coefficient (Wildman–Crippen LogP) is 0.766. The second kappa shape index (κ2) is 5.16. The van der Waals surface area contributed by atoms with Gasteiger partial charge in [-0.15, -0.1) is 0 Å². The van der Waals surface area contributed by atoms with E-state index in [1.165, 1.54) is 6.92 Å². The second-order valence-corrected chi connectivity index (χ2v) is 5.62. The van der Waals surface area contributed by atoms with Crippen molar-refractivity contribution in [3.8, 4) is 0 Å². The molecule has 0 aromatic heterocycles. The number of carbonyl (C=O) groups is 1. The molecule has 2 aliphatic rings. The number of hydrogen-bond acceptors (Lipinski definition) is 4. The summed E-state index contributed by atoms with van der Waals surface area (Å²) < 4.78 is 0. The van der Waals surface area contributed by atoms with Crippen LogP contribution in [0.15, 0.2) is 33.9 Å². The fourth-order valence-corrected chi connectivity index (χ4v) is 3.30. The Balaban J connectivity index is 2.58. The minimum absolute atomic E-state index is 0.0340. The first kappa shape index (κ1) is 15.0. The quantitative estimate of drug-likeness (QED) is 0.420. The van der Waals surface area contributed by atoms with Crippen LogP contribution in [0.2, 0.25) is 0 Å². The molecule has 4 atom stereocenters. The highest BCUT2D eigenvalue weighted by Crippen LogP contribution is 2.43. The van der Waals surface area contributed by atoms with E-state index in [4.69, 9.17) is 5.11 Å². The second-order valence-electron chi connectivity index (χ2n) is 5.62. The largest absolute Gasteiger partial charge is 0.478 e. The molecule has 110 valence electrons. The zero-order valence-electron chi connectivity index (χ0n) is 11.8. The fourth-order valence-electron chi connectivity index (χ4n) is 3.30. The zero-order chi connectivity index (χ0) is 15.2. The van der Waals surface area contributed by atoms with Gasteiger partial charge in [0.2, 0.25) is 0 Å². The van der Waals surface area contributed by atoms with E-state index in [0.29, 0.717) is 5.57 Å². The van der Waals surface area contributed by atoms with Gasteiger partial charge >= 0.3 is 5.97 Å². The Labute approximate surface area is 117 Å². The fraction of sp³-hybridized carbons (Fsp3) is 0.533. The van der Waals surface area contributed by atoms with Crippen molar-refractivity contribution in [2.24, 2.45) is 5.92 Å². The lowest BCUT2D eigenvalue weighted by molar-refractivity contribution is -0.132. The SMILES string of the molecule is CC1=C[C@H](O)C2=C(C)C[C@@H](O)/C(=C(/C)C(=O)O)[C@@H](O)[C@H]12. The average molecular weight is 280 g/mol. The van der Waals surface area contributed by atoms with E-state index in [-0.39, 0.29) is 17.6 Å². The molecular weight excluding hydrogens is 260 g/mol. The number of fused-ring (bicyclic) bond motifs is 1. The molecular formula is C15H20O5. The molecule has 0 heterocycles. The number of aliphatic hydroxyl groups excluding tert-OH is 3. The molecule has 0 aromatic carbocycles. The number of aliphatic carboxylic acids is 1. The van der Waals surface area contributed by atoms with Gasteiger partial charge in [0, 0.05) is 11.5 Å². The molecule has 0 radical (unpaired) electrons. The third-order valence-electron chi connectivity index (χ3n) is 4.30. The Hall–Kier alpha value is -1.43.